The van der Waals surface area contributed by atoms with E-state index in [1.165, 1.54) is 19.5 Å². The number of nitrogens with zero attached hydrogens (tertiary/aromatic N) is 3. The van der Waals surface area contributed by atoms with E-state index in [0.29, 0.717) is 17.7 Å². The molecule has 0 spiro atoms. The van der Waals surface area contributed by atoms with Crippen molar-refractivity contribution in [2.75, 3.05) is 13.1 Å². The molecule has 0 N–H and O–H groups in total. The Morgan fingerprint density at radius 3 is 1.89 bits per heavy atom. The van der Waals surface area contributed by atoms with Gasteiger partial charge in [0, 0.05) is 0 Å². The minimum atomic E-state index is -1.76. The van der Waals surface area contributed by atoms with Crippen molar-refractivity contribution in [3.63, 3.8) is 0 Å². The van der Waals surface area contributed by atoms with Gasteiger partial charge in [-0.15, -0.1) is 0 Å². The Labute approximate surface area is 122 Å². The second kappa shape index (κ2) is 6.42. The predicted octanol–water partition coefficient (Wildman–Crippen LogP) is 2.87. The fourth-order valence-electron chi connectivity index (χ4n) is 2.98. The molecule has 107 valence electrons. The zero-order chi connectivity index (χ0) is 14.1. The topological polar surface area (TPSA) is 9.72 Å². The van der Waals surface area contributed by atoms with Crippen LogP contribution in [0.4, 0.5) is 0 Å². The third-order valence-electron chi connectivity index (χ3n) is 3.76. The van der Waals surface area contributed by atoms with Gasteiger partial charge in [0.25, 0.3) is 0 Å². The van der Waals surface area contributed by atoms with E-state index in [0.717, 1.165) is 0 Å². The van der Waals surface area contributed by atoms with Crippen LogP contribution in [0.2, 0.25) is 0 Å². The molecule has 0 aromatic heterocycles. The van der Waals surface area contributed by atoms with E-state index in [2.05, 4.69) is 64.8 Å². The molecular formula is C14H32N3Sn. The molecule has 18 heavy (non-hydrogen) atoms. The van der Waals surface area contributed by atoms with E-state index in [9.17, 15) is 0 Å². The molecule has 1 atom stereocenters. The summed E-state index contributed by atoms with van der Waals surface area (Å²) in [7, 11) is 0. The summed E-state index contributed by atoms with van der Waals surface area (Å²) in [4.78, 5) is 0. The van der Waals surface area contributed by atoms with Crippen LogP contribution in [-0.4, -0.2) is 60.8 Å². The molecule has 0 saturated carbocycles. The molecular weight excluding hydrogens is 329 g/mol. The standard InChI is InChI=1S/C10H22N2.C4H10N.Sn/c1-7-9(11-8(2)3)12-10(4,5)6;1-3-5-4-2;/h8-9H,7H2,1-6H3;3-4H2,1-2H3;/q-2;-1;+3. The van der Waals surface area contributed by atoms with Crippen LogP contribution >= 0.6 is 0 Å². The molecule has 1 rings (SSSR count). The summed E-state index contributed by atoms with van der Waals surface area (Å²) >= 11 is -1.76. The summed E-state index contributed by atoms with van der Waals surface area (Å²) in [6.07, 6.45) is 1.93. The molecule has 1 unspecified atom stereocenters. The van der Waals surface area contributed by atoms with Gasteiger partial charge in [-0.2, -0.15) is 0 Å². The maximum atomic E-state index is 2.88. The number of hydrogen-bond donors (Lipinski definition) is 0. The minimum absolute atomic E-state index is 0.323. The Balaban J connectivity index is 2.99. The molecule has 1 radical (unpaired) electrons. The summed E-state index contributed by atoms with van der Waals surface area (Å²) in [5.74, 6) is 0. The van der Waals surface area contributed by atoms with Crippen molar-refractivity contribution in [2.24, 2.45) is 0 Å². The Morgan fingerprint density at radius 2 is 1.61 bits per heavy atom. The molecule has 0 aromatic rings. The molecule has 1 aliphatic heterocycles. The van der Waals surface area contributed by atoms with E-state index >= 15 is 0 Å². The maximum absolute atomic E-state index is 2.88. The fraction of sp³-hybridized carbons (Fsp3) is 1.00. The van der Waals surface area contributed by atoms with E-state index in [1.54, 1.807) is 0 Å². The van der Waals surface area contributed by atoms with E-state index < -0.39 is 20.6 Å². The van der Waals surface area contributed by atoms with Crippen LogP contribution in [0, 0.1) is 0 Å². The van der Waals surface area contributed by atoms with Crippen molar-refractivity contribution in [1.82, 2.24) is 9.36 Å². The predicted molar refractivity (Wildman–Crippen MR) is 81.3 cm³/mol. The molecule has 0 aliphatic carbocycles. The molecule has 1 aliphatic rings. The summed E-state index contributed by atoms with van der Waals surface area (Å²) in [6, 6.07) is 0.698. The first-order valence-corrected chi connectivity index (χ1v) is 11.3. The summed E-state index contributed by atoms with van der Waals surface area (Å²) < 4.78 is 8.50. The molecule has 0 bridgehead atoms. The van der Waals surface area contributed by atoms with Gasteiger partial charge < -0.3 is 0 Å². The first-order chi connectivity index (χ1) is 8.29. The van der Waals surface area contributed by atoms with Crippen molar-refractivity contribution >= 4 is 20.6 Å². The van der Waals surface area contributed by atoms with Crippen LogP contribution in [0.15, 0.2) is 0 Å². The van der Waals surface area contributed by atoms with Crippen molar-refractivity contribution in [2.45, 2.75) is 79.6 Å². The first kappa shape index (κ1) is 16.7. The molecule has 3 nitrogen and oxygen atoms in total. The van der Waals surface area contributed by atoms with Gasteiger partial charge in [0.15, 0.2) is 0 Å². The van der Waals surface area contributed by atoms with Gasteiger partial charge in [0.2, 0.25) is 0 Å². The van der Waals surface area contributed by atoms with Crippen molar-refractivity contribution < 1.29 is 0 Å². The molecule has 1 saturated heterocycles. The van der Waals surface area contributed by atoms with Crippen LogP contribution < -0.4 is 0 Å². The van der Waals surface area contributed by atoms with E-state index in [-0.39, 0.29) is 0 Å². The second-order valence-corrected chi connectivity index (χ2v) is 12.8. The number of hydrogen-bond acceptors (Lipinski definition) is 3. The molecule has 4 heteroatoms. The van der Waals surface area contributed by atoms with Crippen LogP contribution in [0.3, 0.4) is 0 Å². The van der Waals surface area contributed by atoms with Gasteiger partial charge >= 0.3 is 123 Å². The zero-order valence-corrected chi connectivity index (χ0v) is 16.5. The van der Waals surface area contributed by atoms with Crippen LogP contribution in [-0.2, 0) is 0 Å². The Kier molecular flexibility index (Phi) is 5.97. The van der Waals surface area contributed by atoms with Crippen LogP contribution in [0.5, 0.6) is 0 Å². The summed E-state index contributed by atoms with van der Waals surface area (Å²) in [6.45, 7) is 21.3. The van der Waals surface area contributed by atoms with Crippen LogP contribution in [0.1, 0.15) is 61.8 Å². The van der Waals surface area contributed by atoms with E-state index in [1.807, 2.05) is 0 Å². The Bertz CT molecular complexity index is 258. The van der Waals surface area contributed by atoms with Gasteiger partial charge in [-0.25, -0.2) is 0 Å². The molecule has 1 fully saturated rings. The molecule has 1 heterocycles. The Morgan fingerprint density at radius 1 is 1.11 bits per heavy atom. The van der Waals surface area contributed by atoms with Gasteiger partial charge in [-0.3, -0.25) is 0 Å². The third-order valence-corrected chi connectivity index (χ3v) is 14.8. The van der Waals surface area contributed by atoms with Crippen molar-refractivity contribution in [1.29, 1.82) is 0 Å². The zero-order valence-electron chi connectivity index (χ0n) is 13.6. The normalized spacial score (nSPS) is 24.0. The average Bonchev–Trinajstić information content (AvgIpc) is 2.20. The van der Waals surface area contributed by atoms with Crippen molar-refractivity contribution in [3.05, 3.63) is 0 Å². The fourth-order valence-corrected chi connectivity index (χ4v) is 12.9. The van der Waals surface area contributed by atoms with E-state index in [4.69, 9.17) is 0 Å². The third kappa shape index (κ3) is 3.05. The summed E-state index contributed by atoms with van der Waals surface area (Å²) in [5, 5.41) is 0. The quantitative estimate of drug-likeness (QED) is 0.698. The van der Waals surface area contributed by atoms with Gasteiger partial charge in [0.05, 0.1) is 0 Å². The molecule has 0 aromatic carbocycles. The second-order valence-electron chi connectivity index (χ2n) is 6.40. The average molecular weight is 361 g/mol. The van der Waals surface area contributed by atoms with Gasteiger partial charge in [-0.05, 0) is 0 Å². The number of rotatable bonds is 5. The van der Waals surface area contributed by atoms with Gasteiger partial charge in [-0.1, -0.05) is 0 Å². The monoisotopic (exact) mass is 362 g/mol. The van der Waals surface area contributed by atoms with Gasteiger partial charge in [0.1, 0.15) is 0 Å². The summed E-state index contributed by atoms with van der Waals surface area (Å²) in [5.41, 5.74) is 0.323. The Hall–Kier alpha value is 0.679. The SMILES string of the molecule is CCC1[N](C(C)C)[Sn]([N](CC)CC)[N]1C(C)(C)C. The van der Waals surface area contributed by atoms with Crippen molar-refractivity contribution in [3.8, 4) is 0 Å². The van der Waals surface area contributed by atoms with Crippen LogP contribution in [0.25, 0.3) is 0 Å². The molecule has 0 amide bonds. The first-order valence-electron chi connectivity index (χ1n) is 7.49.